The highest BCUT2D eigenvalue weighted by Gasteiger charge is 2.01. The molecule has 0 saturated carbocycles. The van der Waals surface area contributed by atoms with Gasteiger partial charge in [-0.05, 0) is 30.5 Å². The minimum Gasteiger partial charge on any atom is -0.484 e. The SMILES string of the molecule is Cc1cccc(OCC(=O)NN=CC(C)C)c1. The predicted molar refractivity (Wildman–Crippen MR) is 68.1 cm³/mol. The van der Waals surface area contributed by atoms with Crippen LogP contribution in [0.2, 0.25) is 0 Å². The maximum absolute atomic E-state index is 11.3. The third-order valence-electron chi connectivity index (χ3n) is 1.92. The van der Waals surface area contributed by atoms with Crippen molar-refractivity contribution in [1.29, 1.82) is 0 Å². The van der Waals surface area contributed by atoms with Crippen LogP contribution in [0.25, 0.3) is 0 Å². The van der Waals surface area contributed by atoms with Gasteiger partial charge < -0.3 is 4.74 Å². The number of nitrogens with one attached hydrogen (secondary N) is 1. The molecule has 0 aromatic heterocycles. The van der Waals surface area contributed by atoms with Crippen LogP contribution in [0.3, 0.4) is 0 Å². The van der Waals surface area contributed by atoms with E-state index in [-0.39, 0.29) is 12.5 Å². The Labute approximate surface area is 102 Å². The lowest BCUT2D eigenvalue weighted by molar-refractivity contribution is -0.123. The molecule has 0 aliphatic carbocycles. The van der Waals surface area contributed by atoms with E-state index in [1.807, 2.05) is 45.0 Å². The molecule has 0 saturated heterocycles. The smallest absolute Gasteiger partial charge is 0.277 e. The van der Waals surface area contributed by atoms with Gasteiger partial charge in [-0.15, -0.1) is 0 Å². The fraction of sp³-hybridized carbons (Fsp3) is 0.385. The van der Waals surface area contributed by atoms with Crippen molar-refractivity contribution < 1.29 is 9.53 Å². The number of carbonyl (C=O) groups excluding carboxylic acids is 1. The topological polar surface area (TPSA) is 50.7 Å². The van der Waals surface area contributed by atoms with E-state index >= 15 is 0 Å². The number of rotatable bonds is 5. The number of hydrogen-bond donors (Lipinski definition) is 1. The number of ether oxygens (including phenoxy) is 1. The molecule has 0 fully saturated rings. The van der Waals surface area contributed by atoms with E-state index in [4.69, 9.17) is 4.74 Å². The van der Waals surface area contributed by atoms with Gasteiger partial charge in [0.15, 0.2) is 6.61 Å². The van der Waals surface area contributed by atoms with Crippen LogP contribution in [0.1, 0.15) is 19.4 Å². The van der Waals surface area contributed by atoms with Gasteiger partial charge in [0.25, 0.3) is 5.91 Å². The molecule has 0 aliphatic heterocycles. The Bertz CT molecular complexity index is 400. The summed E-state index contributed by atoms with van der Waals surface area (Å²) in [5, 5.41) is 3.80. The molecular formula is C13H18N2O2. The van der Waals surface area contributed by atoms with Crippen molar-refractivity contribution in [2.45, 2.75) is 20.8 Å². The van der Waals surface area contributed by atoms with Crippen LogP contribution in [0.5, 0.6) is 5.75 Å². The summed E-state index contributed by atoms with van der Waals surface area (Å²) in [6.45, 7) is 5.91. The van der Waals surface area contributed by atoms with E-state index in [2.05, 4.69) is 10.5 Å². The highest BCUT2D eigenvalue weighted by atomic mass is 16.5. The van der Waals surface area contributed by atoms with Crippen LogP contribution in [-0.4, -0.2) is 18.7 Å². The van der Waals surface area contributed by atoms with Gasteiger partial charge >= 0.3 is 0 Å². The largest absolute Gasteiger partial charge is 0.484 e. The van der Waals surface area contributed by atoms with Gasteiger partial charge in [-0.2, -0.15) is 5.10 Å². The van der Waals surface area contributed by atoms with Crippen molar-refractivity contribution >= 4 is 12.1 Å². The van der Waals surface area contributed by atoms with Crippen LogP contribution < -0.4 is 10.2 Å². The summed E-state index contributed by atoms with van der Waals surface area (Å²) in [6.07, 6.45) is 1.67. The van der Waals surface area contributed by atoms with E-state index in [0.29, 0.717) is 11.7 Å². The molecule has 0 heterocycles. The molecule has 0 spiro atoms. The maximum atomic E-state index is 11.3. The number of carbonyl (C=O) groups is 1. The monoisotopic (exact) mass is 234 g/mol. The Morgan fingerprint density at radius 1 is 1.53 bits per heavy atom. The second kappa shape index (κ2) is 6.68. The zero-order valence-corrected chi connectivity index (χ0v) is 10.4. The summed E-state index contributed by atoms with van der Waals surface area (Å²) in [7, 11) is 0. The first kappa shape index (κ1) is 13.2. The standard InChI is InChI=1S/C13H18N2O2/c1-10(2)8-14-15-13(16)9-17-12-6-4-5-11(3)7-12/h4-8,10H,9H2,1-3H3,(H,15,16). The molecule has 1 amide bonds. The van der Waals surface area contributed by atoms with Crippen LogP contribution >= 0.6 is 0 Å². The van der Waals surface area contributed by atoms with Crippen molar-refractivity contribution in [3.8, 4) is 5.75 Å². The first-order valence-electron chi connectivity index (χ1n) is 5.59. The Hall–Kier alpha value is -1.84. The van der Waals surface area contributed by atoms with Gasteiger partial charge in [0.05, 0.1) is 0 Å². The van der Waals surface area contributed by atoms with E-state index in [1.165, 1.54) is 0 Å². The van der Waals surface area contributed by atoms with Crippen LogP contribution in [0, 0.1) is 12.8 Å². The predicted octanol–water partition coefficient (Wildman–Crippen LogP) is 2.13. The van der Waals surface area contributed by atoms with E-state index < -0.39 is 0 Å². The molecule has 4 heteroatoms. The molecule has 17 heavy (non-hydrogen) atoms. The summed E-state index contributed by atoms with van der Waals surface area (Å²) < 4.78 is 5.32. The molecule has 0 radical (unpaired) electrons. The third kappa shape index (κ3) is 5.70. The Kier molecular flexibility index (Phi) is 5.20. The number of amides is 1. The van der Waals surface area contributed by atoms with E-state index in [1.54, 1.807) is 6.21 Å². The molecule has 0 bridgehead atoms. The molecule has 1 N–H and O–H groups in total. The average molecular weight is 234 g/mol. The molecule has 0 atom stereocenters. The molecule has 4 nitrogen and oxygen atoms in total. The molecule has 92 valence electrons. The second-order valence-corrected chi connectivity index (χ2v) is 4.16. The Morgan fingerprint density at radius 3 is 2.94 bits per heavy atom. The van der Waals surface area contributed by atoms with Gasteiger partial charge in [0.2, 0.25) is 0 Å². The molecule has 1 aromatic carbocycles. The molecule has 1 rings (SSSR count). The van der Waals surface area contributed by atoms with Gasteiger partial charge in [0.1, 0.15) is 5.75 Å². The second-order valence-electron chi connectivity index (χ2n) is 4.16. The van der Waals surface area contributed by atoms with E-state index in [0.717, 1.165) is 5.56 Å². The normalized spacial score (nSPS) is 10.8. The highest BCUT2D eigenvalue weighted by Crippen LogP contribution is 2.11. The van der Waals surface area contributed by atoms with Crippen LogP contribution in [0.15, 0.2) is 29.4 Å². The molecule has 1 aromatic rings. The number of aryl methyl sites for hydroxylation is 1. The fourth-order valence-corrected chi connectivity index (χ4v) is 1.14. The summed E-state index contributed by atoms with van der Waals surface area (Å²) in [6, 6.07) is 7.56. The van der Waals surface area contributed by atoms with Gasteiger partial charge in [-0.3, -0.25) is 4.79 Å². The minimum absolute atomic E-state index is 0.0289. The Morgan fingerprint density at radius 2 is 2.29 bits per heavy atom. The molecule has 0 aliphatic rings. The van der Waals surface area contributed by atoms with Crippen LogP contribution in [0.4, 0.5) is 0 Å². The zero-order valence-electron chi connectivity index (χ0n) is 10.4. The van der Waals surface area contributed by atoms with Crippen molar-refractivity contribution in [2.75, 3.05) is 6.61 Å². The van der Waals surface area contributed by atoms with Crippen molar-refractivity contribution in [2.24, 2.45) is 11.0 Å². The summed E-state index contributed by atoms with van der Waals surface area (Å²) in [5.41, 5.74) is 3.50. The van der Waals surface area contributed by atoms with Crippen LogP contribution in [-0.2, 0) is 4.79 Å². The lowest BCUT2D eigenvalue weighted by Crippen LogP contribution is -2.24. The first-order chi connectivity index (χ1) is 8.08. The highest BCUT2D eigenvalue weighted by molar-refractivity contribution is 5.78. The van der Waals surface area contributed by atoms with E-state index in [9.17, 15) is 4.79 Å². The average Bonchev–Trinajstić information content (AvgIpc) is 2.26. The molecular weight excluding hydrogens is 216 g/mol. The van der Waals surface area contributed by atoms with Crippen molar-refractivity contribution in [1.82, 2.24) is 5.43 Å². The summed E-state index contributed by atoms with van der Waals surface area (Å²) in [4.78, 5) is 11.3. The summed E-state index contributed by atoms with van der Waals surface area (Å²) >= 11 is 0. The lowest BCUT2D eigenvalue weighted by atomic mass is 10.2. The zero-order chi connectivity index (χ0) is 12.7. The minimum atomic E-state index is -0.261. The number of hydrazone groups is 1. The van der Waals surface area contributed by atoms with Crippen molar-refractivity contribution in [3.05, 3.63) is 29.8 Å². The number of hydrogen-bond acceptors (Lipinski definition) is 3. The van der Waals surface area contributed by atoms with Gasteiger partial charge in [-0.1, -0.05) is 26.0 Å². The molecule has 0 unspecified atom stereocenters. The summed E-state index contributed by atoms with van der Waals surface area (Å²) in [5.74, 6) is 0.740. The fourth-order valence-electron chi connectivity index (χ4n) is 1.14. The van der Waals surface area contributed by atoms with Gasteiger partial charge in [0, 0.05) is 6.21 Å². The number of nitrogens with zero attached hydrogens (tertiary/aromatic N) is 1. The lowest BCUT2D eigenvalue weighted by Gasteiger charge is -2.05. The first-order valence-corrected chi connectivity index (χ1v) is 5.59. The maximum Gasteiger partial charge on any atom is 0.277 e. The van der Waals surface area contributed by atoms with Gasteiger partial charge in [-0.25, -0.2) is 5.43 Å². The Balaban J connectivity index is 2.33. The third-order valence-corrected chi connectivity index (χ3v) is 1.92. The van der Waals surface area contributed by atoms with Crippen molar-refractivity contribution in [3.63, 3.8) is 0 Å². The number of benzene rings is 1. The quantitative estimate of drug-likeness (QED) is 0.626.